The number of hydrogen-bond donors (Lipinski definition) is 0. The van der Waals surface area contributed by atoms with Gasteiger partial charge in [-0.3, -0.25) is 4.79 Å². The summed E-state index contributed by atoms with van der Waals surface area (Å²) in [5.41, 5.74) is 3.10. The minimum atomic E-state index is -0.260. The lowest BCUT2D eigenvalue weighted by atomic mass is 9.98. The van der Waals surface area contributed by atoms with Gasteiger partial charge in [0.2, 0.25) is 5.91 Å². The van der Waals surface area contributed by atoms with Crippen molar-refractivity contribution in [3.05, 3.63) is 53.6 Å². The van der Waals surface area contributed by atoms with Crippen molar-refractivity contribution in [2.75, 3.05) is 0 Å². The fourth-order valence-electron chi connectivity index (χ4n) is 3.40. The third-order valence-corrected chi connectivity index (χ3v) is 4.93. The number of nitriles is 1. The molecule has 0 aliphatic carbocycles. The molecule has 28 heavy (non-hydrogen) atoms. The van der Waals surface area contributed by atoms with Crippen LogP contribution >= 0.6 is 9.24 Å². The fraction of sp³-hybridized carbons (Fsp3) is 0.350. The Kier molecular flexibility index (Phi) is 6.01. The largest absolute Gasteiger partial charge is 0.273 e. The first-order valence-corrected chi connectivity index (χ1v) is 9.64. The molecule has 3 unspecified atom stereocenters. The smallest absolute Gasteiger partial charge is 0.252 e. The highest BCUT2D eigenvalue weighted by Gasteiger charge is 2.31. The Hall–Kier alpha value is -2.84. The number of amides is 1. The normalized spacial score (nSPS) is 16.8. The molecule has 2 aromatic rings. The summed E-state index contributed by atoms with van der Waals surface area (Å²) >= 11 is 0. The second-order valence-electron chi connectivity index (χ2n) is 7.14. The topological polar surface area (TPSA) is 87.2 Å². The molecule has 3 atom stereocenters. The van der Waals surface area contributed by atoms with Crippen LogP contribution in [0.2, 0.25) is 0 Å². The number of carbonyl (C=O) groups excluding carboxylic acids is 1. The van der Waals surface area contributed by atoms with Crippen molar-refractivity contribution in [3.8, 4) is 6.07 Å². The monoisotopic (exact) mass is 394 g/mol. The first kappa shape index (κ1) is 19.9. The summed E-state index contributed by atoms with van der Waals surface area (Å²) in [5, 5.41) is 19.9. The molecule has 8 heteroatoms. The van der Waals surface area contributed by atoms with Crippen LogP contribution in [0.3, 0.4) is 0 Å². The van der Waals surface area contributed by atoms with Crippen molar-refractivity contribution in [2.45, 2.75) is 39.3 Å². The molecule has 2 heterocycles. The predicted octanol–water partition coefficient (Wildman–Crippen LogP) is 2.50. The van der Waals surface area contributed by atoms with Crippen LogP contribution in [0.1, 0.15) is 42.8 Å². The molecule has 1 amide bonds. The predicted molar refractivity (Wildman–Crippen MR) is 111 cm³/mol. The van der Waals surface area contributed by atoms with E-state index in [4.69, 9.17) is 5.26 Å². The minimum Gasteiger partial charge on any atom is -0.273 e. The van der Waals surface area contributed by atoms with Gasteiger partial charge >= 0.3 is 0 Å². The maximum absolute atomic E-state index is 13.0. The number of benzene rings is 1. The zero-order valence-corrected chi connectivity index (χ0v) is 17.2. The first-order valence-electron chi connectivity index (χ1n) is 9.06. The van der Waals surface area contributed by atoms with Crippen molar-refractivity contribution >= 4 is 26.7 Å². The van der Waals surface area contributed by atoms with Crippen LogP contribution in [-0.2, 0) is 11.3 Å². The van der Waals surface area contributed by atoms with Crippen molar-refractivity contribution in [1.82, 2.24) is 19.8 Å². The van der Waals surface area contributed by atoms with Gasteiger partial charge in [0.05, 0.1) is 12.6 Å². The summed E-state index contributed by atoms with van der Waals surface area (Å²) in [4.78, 5) is 16.9. The van der Waals surface area contributed by atoms with E-state index in [1.807, 2.05) is 19.9 Å². The second-order valence-corrected chi connectivity index (χ2v) is 7.81. The molecule has 144 valence electrons. The first-order chi connectivity index (χ1) is 13.4. The molecule has 0 N–H and O–H groups in total. The van der Waals surface area contributed by atoms with E-state index < -0.39 is 0 Å². The van der Waals surface area contributed by atoms with Gasteiger partial charge < -0.3 is 0 Å². The van der Waals surface area contributed by atoms with Crippen LogP contribution < -0.4 is 5.30 Å². The van der Waals surface area contributed by atoms with Crippen molar-refractivity contribution in [2.24, 2.45) is 11.0 Å². The van der Waals surface area contributed by atoms with E-state index >= 15 is 0 Å². The molecule has 0 bridgehead atoms. The number of hydrogen-bond acceptors (Lipinski definition) is 5. The number of allylic oxidation sites excluding steroid dienone is 1. The highest BCUT2D eigenvalue weighted by atomic mass is 31.0. The fourth-order valence-corrected chi connectivity index (χ4v) is 3.86. The van der Waals surface area contributed by atoms with Gasteiger partial charge in [0, 0.05) is 18.6 Å². The Labute approximate surface area is 167 Å². The van der Waals surface area contributed by atoms with Crippen molar-refractivity contribution in [1.29, 1.82) is 5.26 Å². The average molecular weight is 394 g/mol. The molecule has 1 aliphatic heterocycles. The molecule has 0 saturated heterocycles. The van der Waals surface area contributed by atoms with Gasteiger partial charge in [-0.1, -0.05) is 36.8 Å². The lowest BCUT2D eigenvalue weighted by molar-refractivity contribution is -0.136. The number of rotatable bonds is 6. The summed E-state index contributed by atoms with van der Waals surface area (Å²) in [5.74, 6) is -0.162. The maximum Gasteiger partial charge on any atom is 0.252 e. The third kappa shape index (κ3) is 4.52. The molecular weight excluding hydrogens is 371 g/mol. The molecule has 0 fully saturated rings. The lowest BCUT2D eigenvalue weighted by Gasteiger charge is -2.26. The van der Waals surface area contributed by atoms with Gasteiger partial charge in [0.25, 0.3) is 5.82 Å². The number of aryl methyl sites for hydroxylation is 1. The molecular formula is C20H23N6OP. The van der Waals surface area contributed by atoms with Gasteiger partial charge in [0.15, 0.2) is 0 Å². The number of hydrazone groups is 1. The van der Waals surface area contributed by atoms with Gasteiger partial charge in [-0.15, -0.1) is 14.3 Å². The Morgan fingerprint density at radius 3 is 2.93 bits per heavy atom. The standard InChI is InChI=1S/C20H23N6OP/c1-13-7-16(9-17(28)8-13)18-4-5-23-26(18)20(27)15(3)6-14(2)11-25-12-22-19(10-21)24-25/h5,7-9,12,15,18H,2,4,6,11,28H2,1,3H3. The number of carbonyl (C=O) groups is 1. The Morgan fingerprint density at radius 2 is 2.25 bits per heavy atom. The van der Waals surface area contributed by atoms with Crippen molar-refractivity contribution < 1.29 is 4.79 Å². The van der Waals surface area contributed by atoms with E-state index in [0.29, 0.717) is 19.4 Å². The highest BCUT2D eigenvalue weighted by Crippen LogP contribution is 2.31. The van der Waals surface area contributed by atoms with Gasteiger partial charge in [-0.2, -0.15) is 10.4 Å². The van der Waals surface area contributed by atoms with Crippen molar-refractivity contribution in [3.63, 3.8) is 0 Å². The van der Waals surface area contributed by atoms with E-state index in [0.717, 1.165) is 22.0 Å². The molecule has 7 nitrogen and oxygen atoms in total. The lowest BCUT2D eigenvalue weighted by Crippen LogP contribution is -2.32. The summed E-state index contributed by atoms with van der Waals surface area (Å²) in [6.07, 6.45) is 4.52. The molecule has 1 aromatic carbocycles. The maximum atomic E-state index is 13.0. The van der Waals surface area contributed by atoms with E-state index in [2.05, 4.69) is 49.2 Å². The quantitative estimate of drug-likeness (QED) is 0.556. The summed E-state index contributed by atoms with van der Waals surface area (Å²) in [6, 6.07) is 8.10. The van der Waals surface area contributed by atoms with E-state index in [1.54, 1.807) is 15.9 Å². The molecule has 0 radical (unpaired) electrons. The zero-order chi connectivity index (χ0) is 20.3. The van der Waals surface area contributed by atoms with Gasteiger partial charge in [-0.05, 0) is 30.3 Å². The number of aromatic nitrogens is 3. The second kappa shape index (κ2) is 8.45. The molecule has 1 aromatic heterocycles. The van der Waals surface area contributed by atoms with Crippen LogP contribution in [0, 0.1) is 24.2 Å². The minimum absolute atomic E-state index is 0.0250. The number of nitrogens with zero attached hydrogens (tertiary/aromatic N) is 6. The summed E-state index contributed by atoms with van der Waals surface area (Å²) in [6.45, 7) is 8.41. The Bertz CT molecular complexity index is 953. The summed E-state index contributed by atoms with van der Waals surface area (Å²) < 4.78 is 1.56. The van der Waals surface area contributed by atoms with Crippen LogP contribution in [-0.4, -0.2) is 31.9 Å². The SMILES string of the molecule is C=C(CC(C)C(=O)N1N=CCC1c1cc(C)cc(P)c1)Cn1cnc(C#N)n1. The van der Waals surface area contributed by atoms with E-state index in [-0.39, 0.29) is 23.7 Å². The van der Waals surface area contributed by atoms with Crippen LogP contribution in [0.5, 0.6) is 0 Å². The zero-order valence-electron chi connectivity index (χ0n) is 16.0. The van der Waals surface area contributed by atoms with E-state index in [9.17, 15) is 4.79 Å². The molecule has 0 saturated carbocycles. The van der Waals surface area contributed by atoms with Crippen LogP contribution in [0.25, 0.3) is 0 Å². The van der Waals surface area contributed by atoms with Crippen LogP contribution in [0.4, 0.5) is 0 Å². The Morgan fingerprint density at radius 1 is 1.46 bits per heavy atom. The van der Waals surface area contributed by atoms with Crippen LogP contribution in [0.15, 0.2) is 41.8 Å². The Balaban J connectivity index is 1.65. The average Bonchev–Trinajstić information content (AvgIpc) is 3.29. The highest BCUT2D eigenvalue weighted by molar-refractivity contribution is 7.27. The molecule has 0 spiro atoms. The molecule has 1 aliphatic rings. The summed E-state index contributed by atoms with van der Waals surface area (Å²) in [7, 11) is 2.71. The van der Waals surface area contributed by atoms with E-state index in [1.165, 1.54) is 6.33 Å². The van der Waals surface area contributed by atoms with Gasteiger partial charge in [0.1, 0.15) is 12.4 Å². The third-order valence-electron chi connectivity index (χ3n) is 4.60. The molecule has 3 rings (SSSR count). The van der Waals surface area contributed by atoms with Gasteiger partial charge in [-0.25, -0.2) is 14.7 Å².